The van der Waals surface area contributed by atoms with Crippen LogP contribution in [0.3, 0.4) is 0 Å². The number of halogens is 2. The molecule has 0 saturated carbocycles. The molecule has 3 aromatic heterocycles. The fourth-order valence-electron chi connectivity index (χ4n) is 3.37. The van der Waals surface area contributed by atoms with Crippen LogP contribution in [0.1, 0.15) is 32.0 Å². The highest BCUT2D eigenvalue weighted by Gasteiger charge is 2.17. The van der Waals surface area contributed by atoms with E-state index in [0.29, 0.717) is 35.7 Å². The third-order valence-corrected chi connectivity index (χ3v) is 5.63. The van der Waals surface area contributed by atoms with Crippen LogP contribution in [-0.2, 0) is 17.8 Å². The van der Waals surface area contributed by atoms with E-state index in [9.17, 15) is 18.4 Å². The fraction of sp³-hybridized carbons (Fsp3) is 0.300. The van der Waals surface area contributed by atoms with E-state index in [-0.39, 0.29) is 23.6 Å². The van der Waals surface area contributed by atoms with Crippen molar-refractivity contribution in [3.8, 4) is 0 Å². The second-order valence-electron chi connectivity index (χ2n) is 6.87. The predicted molar refractivity (Wildman–Crippen MR) is 111 cm³/mol. The maximum absolute atomic E-state index is 13.3. The van der Waals surface area contributed by atoms with Crippen LogP contribution >= 0.6 is 11.3 Å². The highest BCUT2D eigenvalue weighted by atomic mass is 32.1. The Morgan fingerprint density at radius 3 is 2.80 bits per heavy atom. The zero-order chi connectivity index (χ0) is 21.3. The lowest BCUT2D eigenvalue weighted by Gasteiger charge is -2.08. The lowest BCUT2D eigenvalue weighted by Crippen LogP contribution is -2.22. The molecule has 0 radical (unpaired) electrons. The van der Waals surface area contributed by atoms with Gasteiger partial charge in [0.05, 0.1) is 5.52 Å². The number of carbonyl (C=O) groups is 1. The molecule has 156 valence electrons. The Balaban J connectivity index is 1.51. The van der Waals surface area contributed by atoms with Crippen molar-refractivity contribution in [3.63, 3.8) is 0 Å². The number of carbonyl (C=O) groups excluding carboxylic acids is 1. The van der Waals surface area contributed by atoms with E-state index in [1.54, 1.807) is 4.57 Å². The van der Waals surface area contributed by atoms with Gasteiger partial charge in [0.1, 0.15) is 10.5 Å². The lowest BCUT2D eigenvalue weighted by atomic mass is 10.2. The number of aryl methyl sites for hydroxylation is 2. The van der Waals surface area contributed by atoms with Crippen molar-refractivity contribution in [2.24, 2.45) is 0 Å². The van der Waals surface area contributed by atoms with Gasteiger partial charge in [-0.25, -0.2) is 8.78 Å². The topological polar surface area (TPSA) is 81.3 Å². The first-order chi connectivity index (χ1) is 14.5. The summed E-state index contributed by atoms with van der Waals surface area (Å²) >= 11 is 1.38. The smallest absolute Gasteiger partial charge is 0.272 e. The number of hydrogen-bond donors (Lipinski definition) is 1. The van der Waals surface area contributed by atoms with Crippen LogP contribution in [0.4, 0.5) is 14.5 Å². The van der Waals surface area contributed by atoms with Crippen LogP contribution in [0.15, 0.2) is 34.4 Å². The van der Waals surface area contributed by atoms with Gasteiger partial charge in [-0.3, -0.25) is 18.6 Å². The zero-order valence-electron chi connectivity index (χ0n) is 16.2. The Hall–Kier alpha value is -3.14. The summed E-state index contributed by atoms with van der Waals surface area (Å²) in [6, 6.07) is 5.09. The Morgan fingerprint density at radius 1 is 1.20 bits per heavy atom. The maximum Gasteiger partial charge on any atom is 0.272 e. The van der Waals surface area contributed by atoms with E-state index in [0.717, 1.165) is 24.1 Å². The van der Waals surface area contributed by atoms with E-state index in [4.69, 9.17) is 0 Å². The van der Waals surface area contributed by atoms with Crippen LogP contribution in [-0.4, -0.2) is 25.1 Å². The minimum atomic E-state index is -1.01. The number of anilines is 1. The molecule has 30 heavy (non-hydrogen) atoms. The first-order valence-corrected chi connectivity index (χ1v) is 10.5. The van der Waals surface area contributed by atoms with Gasteiger partial charge in [0.25, 0.3) is 5.56 Å². The van der Waals surface area contributed by atoms with E-state index < -0.39 is 11.6 Å². The molecule has 1 aromatic carbocycles. The van der Waals surface area contributed by atoms with Gasteiger partial charge >= 0.3 is 0 Å². The predicted octanol–water partition coefficient (Wildman–Crippen LogP) is 3.76. The van der Waals surface area contributed by atoms with Crippen molar-refractivity contribution in [3.05, 3.63) is 57.5 Å². The van der Waals surface area contributed by atoms with Gasteiger partial charge in [-0.1, -0.05) is 6.92 Å². The van der Waals surface area contributed by atoms with Crippen LogP contribution in [0, 0.1) is 11.6 Å². The molecule has 7 nitrogen and oxygen atoms in total. The van der Waals surface area contributed by atoms with Gasteiger partial charge in [-0.15, -0.1) is 21.5 Å². The first-order valence-electron chi connectivity index (χ1n) is 9.58. The van der Waals surface area contributed by atoms with Crippen LogP contribution in [0.25, 0.3) is 16.0 Å². The Kier molecular flexibility index (Phi) is 5.58. The van der Waals surface area contributed by atoms with Crippen molar-refractivity contribution >= 4 is 38.9 Å². The first kappa shape index (κ1) is 20.1. The van der Waals surface area contributed by atoms with Crippen molar-refractivity contribution in [2.75, 3.05) is 5.32 Å². The maximum atomic E-state index is 13.3. The number of rotatable bonds is 7. The van der Waals surface area contributed by atoms with Gasteiger partial charge < -0.3 is 5.32 Å². The number of nitrogens with one attached hydrogen (secondary N) is 1. The van der Waals surface area contributed by atoms with Gasteiger partial charge in [0.2, 0.25) is 11.7 Å². The average molecular weight is 431 g/mol. The largest absolute Gasteiger partial charge is 0.326 e. The molecule has 0 spiro atoms. The number of fused-ring (bicyclic) bond motifs is 3. The average Bonchev–Trinajstić information content (AvgIpc) is 3.35. The number of benzene rings is 1. The van der Waals surface area contributed by atoms with Crippen molar-refractivity contribution in [2.45, 2.75) is 39.2 Å². The second-order valence-corrected chi connectivity index (χ2v) is 7.79. The highest BCUT2D eigenvalue weighted by Crippen LogP contribution is 2.21. The molecule has 10 heteroatoms. The van der Waals surface area contributed by atoms with Gasteiger partial charge in [-0.05, 0) is 36.4 Å². The molecule has 0 fully saturated rings. The standard InChI is InChI=1S/C20H19F2N5O2S/c1-2-9-26-19(29)18-15(8-10-30-18)27-16(24-25-20(26)27)4-3-5-17(28)23-12-6-7-13(21)14(22)11-12/h6-8,10-11H,2-5,9H2,1H3,(H,23,28). The number of nitrogens with zero attached hydrogens (tertiary/aromatic N) is 4. The summed E-state index contributed by atoms with van der Waals surface area (Å²) in [6.07, 6.45) is 1.92. The normalized spacial score (nSPS) is 11.4. The summed E-state index contributed by atoms with van der Waals surface area (Å²) in [5.74, 6) is -1.13. The summed E-state index contributed by atoms with van der Waals surface area (Å²) in [5.41, 5.74) is 0.896. The van der Waals surface area contributed by atoms with Gasteiger partial charge in [0.15, 0.2) is 11.6 Å². The summed E-state index contributed by atoms with van der Waals surface area (Å²) in [6.45, 7) is 2.54. The summed E-state index contributed by atoms with van der Waals surface area (Å²) < 4.78 is 30.4. The number of aromatic nitrogens is 4. The lowest BCUT2D eigenvalue weighted by molar-refractivity contribution is -0.116. The van der Waals surface area contributed by atoms with E-state index in [1.807, 2.05) is 22.8 Å². The number of amides is 1. The molecule has 4 rings (SSSR count). The Bertz CT molecular complexity index is 1290. The van der Waals surface area contributed by atoms with E-state index in [1.165, 1.54) is 17.4 Å². The summed E-state index contributed by atoms with van der Waals surface area (Å²) in [5, 5.41) is 12.9. The van der Waals surface area contributed by atoms with Gasteiger partial charge in [-0.2, -0.15) is 0 Å². The third kappa shape index (κ3) is 3.70. The molecule has 0 unspecified atom stereocenters. The molecule has 1 N–H and O–H groups in total. The molecule has 3 heterocycles. The van der Waals surface area contributed by atoms with Crippen molar-refractivity contribution in [1.29, 1.82) is 0 Å². The minimum absolute atomic E-state index is 0.0702. The third-order valence-electron chi connectivity index (χ3n) is 4.73. The van der Waals surface area contributed by atoms with E-state index >= 15 is 0 Å². The molecule has 0 aliphatic carbocycles. The molecule has 0 aliphatic rings. The molecular formula is C20H19F2N5O2S. The van der Waals surface area contributed by atoms with Crippen LogP contribution in [0.5, 0.6) is 0 Å². The number of thiophene rings is 1. The molecule has 0 saturated heterocycles. The molecule has 0 bridgehead atoms. The monoisotopic (exact) mass is 431 g/mol. The molecular weight excluding hydrogens is 412 g/mol. The number of hydrogen-bond acceptors (Lipinski definition) is 5. The molecule has 0 aliphatic heterocycles. The van der Waals surface area contributed by atoms with E-state index in [2.05, 4.69) is 15.5 Å². The molecule has 1 amide bonds. The zero-order valence-corrected chi connectivity index (χ0v) is 17.0. The quantitative estimate of drug-likeness (QED) is 0.483. The Labute approximate surface area is 174 Å². The van der Waals surface area contributed by atoms with Crippen molar-refractivity contribution < 1.29 is 13.6 Å². The van der Waals surface area contributed by atoms with Crippen LogP contribution in [0.2, 0.25) is 0 Å². The summed E-state index contributed by atoms with van der Waals surface area (Å²) in [4.78, 5) is 24.9. The molecule has 0 atom stereocenters. The van der Waals surface area contributed by atoms with Crippen molar-refractivity contribution in [1.82, 2.24) is 19.2 Å². The minimum Gasteiger partial charge on any atom is -0.326 e. The summed E-state index contributed by atoms with van der Waals surface area (Å²) in [7, 11) is 0. The highest BCUT2D eigenvalue weighted by molar-refractivity contribution is 7.17. The Morgan fingerprint density at radius 2 is 2.03 bits per heavy atom. The van der Waals surface area contributed by atoms with Crippen LogP contribution < -0.4 is 10.9 Å². The fourth-order valence-corrected chi connectivity index (χ4v) is 4.20. The van der Waals surface area contributed by atoms with Gasteiger partial charge in [0, 0.05) is 31.1 Å². The molecule has 4 aromatic rings. The SMILES string of the molecule is CCCn1c(=O)c2sccc2n2c(CCCC(=O)Nc3ccc(F)c(F)c3)nnc12. The second kappa shape index (κ2) is 8.31.